The monoisotopic (exact) mass is 145 g/mol. The third-order valence-electron chi connectivity index (χ3n) is 1.65. The topological polar surface area (TPSA) is 42.6 Å². The molecule has 0 radical (unpaired) electrons. The number of quaternary nitrogens is 1. The lowest BCUT2D eigenvalue weighted by Gasteiger charge is -2.15. The van der Waals surface area contributed by atoms with E-state index in [1.54, 1.807) is 0 Å². The average molecular weight is 145 g/mol. The van der Waals surface area contributed by atoms with Gasteiger partial charge in [-0.05, 0) is 12.8 Å². The van der Waals surface area contributed by atoms with Gasteiger partial charge < -0.3 is 11.1 Å². The van der Waals surface area contributed by atoms with E-state index in [4.69, 9.17) is 5.73 Å². The third kappa shape index (κ3) is 6.05. The molecule has 0 saturated heterocycles. The summed E-state index contributed by atoms with van der Waals surface area (Å²) < 4.78 is 0. The summed E-state index contributed by atoms with van der Waals surface area (Å²) >= 11 is 0. The lowest BCUT2D eigenvalue weighted by molar-refractivity contribution is -0.597. The van der Waals surface area contributed by atoms with Crippen molar-refractivity contribution in [3.63, 3.8) is 0 Å². The summed E-state index contributed by atoms with van der Waals surface area (Å²) in [7, 11) is 4.00. The zero-order valence-corrected chi connectivity index (χ0v) is 7.27. The van der Waals surface area contributed by atoms with Crippen LogP contribution in [0, 0.1) is 0 Å². The molecule has 1 rings (SSSR count). The Hall–Kier alpha value is -0.0800. The fraction of sp³-hybridized carbons (Fsp3) is 1.00. The highest BCUT2D eigenvalue weighted by Gasteiger charge is 2.06. The van der Waals surface area contributed by atoms with Crippen molar-refractivity contribution in [2.75, 3.05) is 14.1 Å². The van der Waals surface area contributed by atoms with Gasteiger partial charge in [0, 0.05) is 6.04 Å². The van der Waals surface area contributed by atoms with Crippen LogP contribution in [-0.2, 0) is 0 Å². The van der Waals surface area contributed by atoms with Crippen molar-refractivity contribution in [2.24, 2.45) is 5.73 Å². The Morgan fingerprint density at radius 3 is 1.70 bits per heavy atom. The molecule has 0 aromatic rings. The zero-order valence-electron chi connectivity index (χ0n) is 7.27. The molecule has 0 heterocycles. The molecule has 1 aliphatic rings. The molecule has 0 aromatic heterocycles. The van der Waals surface area contributed by atoms with Gasteiger partial charge in [0.2, 0.25) is 0 Å². The van der Waals surface area contributed by atoms with E-state index in [2.05, 4.69) is 0 Å². The summed E-state index contributed by atoms with van der Waals surface area (Å²) in [6, 6.07) is 0.536. The quantitative estimate of drug-likeness (QED) is 0.498. The summed E-state index contributed by atoms with van der Waals surface area (Å²) in [5.41, 5.74) is 5.63. The molecular weight excluding hydrogens is 124 g/mol. The Morgan fingerprint density at radius 1 is 1.10 bits per heavy atom. The molecule has 1 aliphatic carbocycles. The van der Waals surface area contributed by atoms with E-state index in [0.29, 0.717) is 6.04 Å². The van der Waals surface area contributed by atoms with Gasteiger partial charge in [-0.3, -0.25) is 0 Å². The molecule has 0 aliphatic heterocycles. The molecule has 4 N–H and O–H groups in total. The first-order valence-electron chi connectivity index (χ1n) is 4.30. The Bertz CT molecular complexity index is 58.3. The Kier molecular flexibility index (Phi) is 6.98. The van der Waals surface area contributed by atoms with Crippen molar-refractivity contribution in [3.8, 4) is 0 Å². The van der Waals surface area contributed by atoms with Crippen molar-refractivity contribution in [1.82, 2.24) is 0 Å². The lowest BCUT2D eigenvalue weighted by atomic mass is 9.97. The predicted octanol–water partition coefficient (Wildman–Crippen LogP) is 0.0872. The molecule has 0 aromatic carbocycles. The highest BCUT2D eigenvalue weighted by Crippen LogP contribution is 2.14. The first-order chi connectivity index (χ1) is 4.81. The summed E-state index contributed by atoms with van der Waals surface area (Å²) in [6.45, 7) is 0. The van der Waals surface area contributed by atoms with Crippen LogP contribution < -0.4 is 11.1 Å². The maximum Gasteiger partial charge on any atom is 0.0647 e. The van der Waals surface area contributed by atoms with E-state index in [-0.39, 0.29) is 0 Å². The molecule has 1 fully saturated rings. The minimum Gasteiger partial charge on any atom is -0.351 e. The molecule has 0 unspecified atom stereocenters. The molecule has 2 heteroatoms. The van der Waals surface area contributed by atoms with Gasteiger partial charge in [-0.2, -0.15) is 0 Å². The van der Waals surface area contributed by atoms with Crippen LogP contribution in [-0.4, -0.2) is 20.1 Å². The lowest BCUT2D eigenvalue weighted by Crippen LogP contribution is -2.74. The molecule has 0 atom stereocenters. The maximum absolute atomic E-state index is 5.63. The predicted molar refractivity (Wildman–Crippen MR) is 44.8 cm³/mol. The van der Waals surface area contributed by atoms with Crippen LogP contribution in [0.25, 0.3) is 0 Å². The van der Waals surface area contributed by atoms with Gasteiger partial charge in [-0.15, -0.1) is 0 Å². The Balaban J connectivity index is 0.000000236. The molecule has 0 amide bonds. The van der Waals surface area contributed by atoms with Crippen molar-refractivity contribution >= 4 is 0 Å². The first-order valence-corrected chi connectivity index (χ1v) is 4.30. The van der Waals surface area contributed by atoms with Gasteiger partial charge in [0.15, 0.2) is 0 Å². The Labute approximate surface area is 64.2 Å². The summed E-state index contributed by atoms with van der Waals surface area (Å²) in [6.07, 6.45) is 6.66. The van der Waals surface area contributed by atoms with Crippen molar-refractivity contribution in [2.45, 2.75) is 38.1 Å². The van der Waals surface area contributed by atoms with Crippen molar-refractivity contribution < 1.29 is 5.32 Å². The summed E-state index contributed by atoms with van der Waals surface area (Å²) in [5, 5.41) is 2.00. The summed E-state index contributed by atoms with van der Waals surface area (Å²) in [5.74, 6) is 0. The Morgan fingerprint density at radius 2 is 1.50 bits per heavy atom. The number of hydrogen-bond acceptors (Lipinski definition) is 1. The second-order valence-electron chi connectivity index (χ2n) is 2.98. The largest absolute Gasteiger partial charge is 0.351 e. The molecule has 10 heavy (non-hydrogen) atoms. The van der Waals surface area contributed by atoms with Crippen LogP contribution in [0.5, 0.6) is 0 Å². The second-order valence-corrected chi connectivity index (χ2v) is 2.98. The van der Waals surface area contributed by atoms with E-state index in [1.165, 1.54) is 32.1 Å². The van der Waals surface area contributed by atoms with Crippen LogP contribution in [0.1, 0.15) is 32.1 Å². The van der Waals surface area contributed by atoms with E-state index in [1.807, 2.05) is 19.4 Å². The molecule has 0 spiro atoms. The minimum atomic E-state index is 0.536. The smallest absolute Gasteiger partial charge is 0.0647 e. The van der Waals surface area contributed by atoms with Gasteiger partial charge in [0.05, 0.1) is 14.1 Å². The second kappa shape index (κ2) is 7.03. The van der Waals surface area contributed by atoms with Gasteiger partial charge in [-0.25, -0.2) is 0 Å². The van der Waals surface area contributed by atoms with E-state index < -0.39 is 0 Å². The van der Waals surface area contributed by atoms with Crippen LogP contribution in [0.15, 0.2) is 0 Å². The van der Waals surface area contributed by atoms with Gasteiger partial charge in [0.25, 0.3) is 0 Å². The van der Waals surface area contributed by atoms with E-state index >= 15 is 0 Å². The fourth-order valence-corrected chi connectivity index (χ4v) is 1.13. The van der Waals surface area contributed by atoms with E-state index in [9.17, 15) is 0 Å². The molecule has 0 bridgehead atoms. The molecule has 1 saturated carbocycles. The van der Waals surface area contributed by atoms with Gasteiger partial charge >= 0.3 is 0 Å². The maximum atomic E-state index is 5.63. The van der Waals surface area contributed by atoms with Crippen molar-refractivity contribution in [3.05, 3.63) is 0 Å². The fourth-order valence-electron chi connectivity index (χ4n) is 1.13. The van der Waals surface area contributed by atoms with Crippen LogP contribution in [0.2, 0.25) is 0 Å². The first kappa shape index (κ1) is 9.92. The molecule has 62 valence electrons. The van der Waals surface area contributed by atoms with Crippen molar-refractivity contribution in [1.29, 1.82) is 0 Å². The van der Waals surface area contributed by atoms with Gasteiger partial charge in [-0.1, -0.05) is 19.3 Å². The van der Waals surface area contributed by atoms with Crippen LogP contribution >= 0.6 is 0 Å². The highest BCUT2D eigenvalue weighted by atomic mass is 14.7. The molecule has 2 nitrogen and oxygen atoms in total. The average Bonchev–Trinajstić information content (AvgIpc) is 1.91. The number of nitrogens with two attached hydrogens (primary N) is 2. The number of hydrogen-bond donors (Lipinski definition) is 2. The van der Waals surface area contributed by atoms with Crippen LogP contribution in [0.3, 0.4) is 0 Å². The SMILES string of the molecule is C[NH2+]C.NC1CCCCC1. The minimum absolute atomic E-state index is 0.536. The number of rotatable bonds is 0. The van der Waals surface area contributed by atoms with Gasteiger partial charge in [0.1, 0.15) is 0 Å². The van der Waals surface area contributed by atoms with E-state index in [0.717, 1.165) is 0 Å². The normalized spacial score (nSPS) is 19.5. The third-order valence-corrected chi connectivity index (χ3v) is 1.65. The standard InChI is InChI=1S/C6H13N.C2H7N/c7-6-4-2-1-3-5-6;1-3-2/h6H,1-5,7H2;3H,1-2H3/p+1. The molecular formula is C8H21N2+. The summed E-state index contributed by atoms with van der Waals surface area (Å²) in [4.78, 5) is 0. The zero-order chi connectivity index (χ0) is 7.82. The van der Waals surface area contributed by atoms with Crippen LogP contribution in [0.4, 0.5) is 0 Å². The highest BCUT2D eigenvalue weighted by molar-refractivity contribution is 4.66.